The monoisotopic (exact) mass is 340 g/mol. The van der Waals surface area contributed by atoms with Gasteiger partial charge >= 0.3 is 5.97 Å². The Labute approximate surface area is 148 Å². The number of carbonyl (C=O) groups is 2. The summed E-state index contributed by atoms with van der Waals surface area (Å²) in [6.45, 7) is 2.67. The number of piperidine rings is 1. The van der Waals surface area contributed by atoms with Gasteiger partial charge in [-0.25, -0.2) is 0 Å². The number of carbonyl (C=O) groups excluding carboxylic acids is 2. The van der Waals surface area contributed by atoms with Crippen molar-refractivity contribution in [1.82, 2.24) is 9.47 Å². The van der Waals surface area contributed by atoms with Crippen LogP contribution < -0.4 is 0 Å². The quantitative estimate of drug-likeness (QED) is 0.787. The predicted octanol–water partition coefficient (Wildman–Crippen LogP) is 2.82. The zero-order valence-corrected chi connectivity index (χ0v) is 14.6. The van der Waals surface area contributed by atoms with Crippen LogP contribution in [0.1, 0.15) is 25.3 Å². The van der Waals surface area contributed by atoms with Crippen LogP contribution >= 0.6 is 0 Å². The molecular formula is C20H24N2O3. The number of esters is 1. The summed E-state index contributed by atoms with van der Waals surface area (Å²) in [7, 11) is 0. The van der Waals surface area contributed by atoms with E-state index < -0.39 is 5.97 Å². The van der Waals surface area contributed by atoms with Gasteiger partial charge in [0.1, 0.15) is 0 Å². The van der Waals surface area contributed by atoms with Crippen LogP contribution in [-0.2, 0) is 20.7 Å². The summed E-state index contributed by atoms with van der Waals surface area (Å²) in [5.41, 5.74) is 2.50. The molecule has 1 aromatic heterocycles. The van der Waals surface area contributed by atoms with Gasteiger partial charge in [-0.1, -0.05) is 12.1 Å². The number of hydrogen-bond acceptors (Lipinski definition) is 3. The van der Waals surface area contributed by atoms with Crippen LogP contribution in [0.4, 0.5) is 0 Å². The van der Waals surface area contributed by atoms with E-state index in [0.717, 1.165) is 32.4 Å². The van der Waals surface area contributed by atoms with Crippen LogP contribution in [0.15, 0.2) is 48.8 Å². The summed E-state index contributed by atoms with van der Waals surface area (Å²) in [6.07, 6.45) is 7.10. The van der Waals surface area contributed by atoms with Gasteiger partial charge in [0.2, 0.25) is 0 Å². The maximum absolute atomic E-state index is 12.0. The first-order valence-corrected chi connectivity index (χ1v) is 8.75. The Morgan fingerprint density at radius 2 is 1.72 bits per heavy atom. The first-order valence-electron chi connectivity index (χ1n) is 8.75. The molecule has 0 saturated carbocycles. The van der Waals surface area contributed by atoms with Crippen LogP contribution in [0.2, 0.25) is 0 Å². The number of likely N-dealkylation sites (tertiary alicyclic amines) is 1. The van der Waals surface area contributed by atoms with Gasteiger partial charge in [0.25, 0.3) is 5.91 Å². The number of amides is 1. The molecule has 1 saturated heterocycles. The minimum absolute atomic E-state index is 0.0928. The highest BCUT2D eigenvalue weighted by atomic mass is 16.5. The zero-order chi connectivity index (χ0) is 17.6. The fourth-order valence-electron chi connectivity index (χ4n) is 3.29. The van der Waals surface area contributed by atoms with Crippen LogP contribution in [0.25, 0.3) is 5.69 Å². The molecule has 1 aromatic carbocycles. The summed E-state index contributed by atoms with van der Waals surface area (Å²) in [5.74, 6) is 0.0894. The van der Waals surface area contributed by atoms with Crippen molar-refractivity contribution in [1.29, 1.82) is 0 Å². The minimum Gasteiger partial charge on any atom is -0.456 e. The molecule has 0 spiro atoms. The molecule has 0 atom stereocenters. The lowest BCUT2D eigenvalue weighted by molar-refractivity contribution is -0.150. The van der Waals surface area contributed by atoms with Crippen LogP contribution in [0.5, 0.6) is 0 Å². The number of ether oxygens (including phenoxy) is 1. The lowest BCUT2D eigenvalue weighted by Gasteiger charge is -2.32. The van der Waals surface area contributed by atoms with E-state index in [4.69, 9.17) is 4.74 Å². The molecule has 3 rings (SSSR count). The highest BCUT2D eigenvalue weighted by molar-refractivity contribution is 5.80. The van der Waals surface area contributed by atoms with Crippen LogP contribution in [-0.4, -0.2) is 41.0 Å². The minimum atomic E-state index is -0.411. The van der Waals surface area contributed by atoms with E-state index in [0.29, 0.717) is 5.92 Å². The molecule has 1 aliphatic heterocycles. The number of benzene rings is 1. The second-order valence-electron chi connectivity index (χ2n) is 6.57. The molecule has 5 heteroatoms. The Hall–Kier alpha value is -2.56. The molecule has 0 aliphatic carbocycles. The van der Waals surface area contributed by atoms with E-state index in [1.807, 2.05) is 24.5 Å². The first kappa shape index (κ1) is 17.3. The number of nitrogens with zero attached hydrogens (tertiary/aromatic N) is 2. The zero-order valence-electron chi connectivity index (χ0n) is 14.6. The van der Waals surface area contributed by atoms with Gasteiger partial charge in [0.15, 0.2) is 6.61 Å². The molecule has 1 aliphatic rings. The normalized spacial score (nSPS) is 15.2. The topological polar surface area (TPSA) is 51.5 Å². The van der Waals surface area contributed by atoms with Gasteiger partial charge < -0.3 is 14.2 Å². The fraction of sp³-hybridized carbons (Fsp3) is 0.400. The van der Waals surface area contributed by atoms with Crippen LogP contribution in [0, 0.1) is 5.92 Å². The lowest BCUT2D eigenvalue weighted by Crippen LogP contribution is -2.41. The largest absolute Gasteiger partial charge is 0.456 e. The Bertz CT molecular complexity index is 699. The van der Waals surface area contributed by atoms with Crippen molar-refractivity contribution < 1.29 is 14.3 Å². The van der Waals surface area contributed by atoms with Crippen molar-refractivity contribution in [3.8, 4) is 5.69 Å². The molecule has 1 amide bonds. The smallest absolute Gasteiger partial charge is 0.303 e. The summed E-state index contributed by atoms with van der Waals surface area (Å²) >= 11 is 0. The molecule has 2 heterocycles. The van der Waals surface area contributed by atoms with Crippen molar-refractivity contribution >= 4 is 11.9 Å². The number of aromatic nitrogens is 1. The van der Waals surface area contributed by atoms with E-state index in [9.17, 15) is 9.59 Å². The first-order chi connectivity index (χ1) is 12.1. The van der Waals surface area contributed by atoms with Gasteiger partial charge in [-0.3, -0.25) is 9.59 Å². The molecule has 1 fully saturated rings. The molecule has 5 nitrogen and oxygen atoms in total. The van der Waals surface area contributed by atoms with E-state index in [2.05, 4.69) is 28.8 Å². The third-order valence-corrected chi connectivity index (χ3v) is 4.73. The van der Waals surface area contributed by atoms with Crippen molar-refractivity contribution in [3.63, 3.8) is 0 Å². The third kappa shape index (κ3) is 4.72. The van der Waals surface area contributed by atoms with E-state index >= 15 is 0 Å². The summed E-state index contributed by atoms with van der Waals surface area (Å²) in [4.78, 5) is 24.6. The standard InChI is InChI=1S/C20H24N2O3/c1-16(23)25-15-20(24)22-12-8-18(9-13-22)14-17-4-6-19(7-5-17)21-10-2-3-11-21/h2-7,10-11,18H,8-9,12-15H2,1H3. The molecule has 0 N–H and O–H groups in total. The molecule has 0 bridgehead atoms. The SMILES string of the molecule is CC(=O)OCC(=O)N1CCC(Cc2ccc(-n3cccc3)cc2)CC1. The molecule has 0 unspecified atom stereocenters. The van der Waals surface area contributed by atoms with E-state index in [-0.39, 0.29) is 12.5 Å². The van der Waals surface area contributed by atoms with Crippen molar-refractivity contribution in [2.24, 2.45) is 5.92 Å². The Balaban J connectivity index is 1.47. The highest BCUT2D eigenvalue weighted by Crippen LogP contribution is 2.22. The number of hydrogen-bond donors (Lipinski definition) is 0. The fourth-order valence-corrected chi connectivity index (χ4v) is 3.29. The van der Waals surface area contributed by atoms with Gasteiger partial charge in [-0.05, 0) is 55.0 Å². The van der Waals surface area contributed by atoms with Gasteiger partial charge in [0.05, 0.1) is 0 Å². The van der Waals surface area contributed by atoms with Crippen molar-refractivity contribution in [2.75, 3.05) is 19.7 Å². The van der Waals surface area contributed by atoms with Crippen molar-refractivity contribution in [2.45, 2.75) is 26.2 Å². The maximum atomic E-state index is 12.0. The summed E-state index contributed by atoms with van der Waals surface area (Å²) in [5, 5.41) is 0. The number of rotatable bonds is 5. The predicted molar refractivity (Wildman–Crippen MR) is 95.4 cm³/mol. The van der Waals surface area contributed by atoms with Gasteiger partial charge in [-0.2, -0.15) is 0 Å². The van der Waals surface area contributed by atoms with E-state index in [1.54, 1.807) is 4.90 Å². The van der Waals surface area contributed by atoms with Crippen LogP contribution in [0.3, 0.4) is 0 Å². The molecule has 2 aromatic rings. The van der Waals surface area contributed by atoms with Gasteiger partial charge in [-0.15, -0.1) is 0 Å². The molecule has 132 valence electrons. The Morgan fingerprint density at radius 3 is 2.32 bits per heavy atom. The second-order valence-corrected chi connectivity index (χ2v) is 6.57. The van der Waals surface area contributed by atoms with Gasteiger partial charge in [0, 0.05) is 38.1 Å². The summed E-state index contributed by atoms with van der Waals surface area (Å²) in [6, 6.07) is 12.7. The maximum Gasteiger partial charge on any atom is 0.303 e. The Kier molecular flexibility index (Phi) is 5.53. The molecular weight excluding hydrogens is 316 g/mol. The third-order valence-electron chi connectivity index (χ3n) is 4.73. The Morgan fingerprint density at radius 1 is 1.08 bits per heavy atom. The lowest BCUT2D eigenvalue weighted by atomic mass is 9.90. The average Bonchev–Trinajstić information content (AvgIpc) is 3.15. The average molecular weight is 340 g/mol. The second kappa shape index (κ2) is 8.01. The molecule has 25 heavy (non-hydrogen) atoms. The summed E-state index contributed by atoms with van der Waals surface area (Å²) < 4.78 is 6.88. The van der Waals surface area contributed by atoms with E-state index in [1.165, 1.54) is 18.2 Å². The highest BCUT2D eigenvalue weighted by Gasteiger charge is 2.23. The molecule has 0 radical (unpaired) electrons. The van der Waals surface area contributed by atoms with Crippen molar-refractivity contribution in [3.05, 3.63) is 54.4 Å².